The normalized spacial score (nSPS) is 35.0. The molecule has 0 aromatic heterocycles. The van der Waals surface area contributed by atoms with Crippen LogP contribution in [0.5, 0.6) is 0 Å². The number of hydrogen-bond acceptors (Lipinski definition) is 5. The van der Waals surface area contributed by atoms with Crippen LogP contribution in [-0.4, -0.2) is 35.4 Å². The molecule has 0 bridgehead atoms. The Morgan fingerprint density at radius 2 is 1.96 bits per heavy atom. The van der Waals surface area contributed by atoms with Crippen LogP contribution in [0.3, 0.4) is 0 Å². The van der Waals surface area contributed by atoms with E-state index in [9.17, 15) is 14.7 Å². The molecule has 1 aliphatic heterocycles. The number of aliphatic hydroxyl groups is 1. The summed E-state index contributed by atoms with van der Waals surface area (Å²) in [6.07, 6.45) is 4.39. The van der Waals surface area contributed by atoms with Crippen LogP contribution in [-0.2, 0) is 19.1 Å². The second-order valence-corrected chi connectivity index (χ2v) is 6.84. The SMILES string of the molecule is C=C1C(=O)O[C@@H]2/C=C(/C)C[C@H](O)/C=C(/C)C[C@@H](OC(=O)/C(C)=C/C)[C@@H]12. The van der Waals surface area contributed by atoms with Gasteiger partial charge in [0.25, 0.3) is 0 Å². The van der Waals surface area contributed by atoms with Gasteiger partial charge < -0.3 is 14.6 Å². The minimum Gasteiger partial charge on any atom is -0.458 e. The van der Waals surface area contributed by atoms with Crippen LogP contribution in [0, 0.1) is 5.92 Å². The highest BCUT2D eigenvalue weighted by atomic mass is 16.6. The number of carbonyl (C=O) groups is 2. The fourth-order valence-corrected chi connectivity index (χ4v) is 3.22. The van der Waals surface area contributed by atoms with Crippen molar-refractivity contribution in [3.05, 3.63) is 47.1 Å². The Morgan fingerprint density at radius 1 is 1.32 bits per heavy atom. The average molecular weight is 346 g/mol. The fraction of sp³-hybridized carbons (Fsp3) is 0.500. The highest BCUT2D eigenvalue weighted by Crippen LogP contribution is 2.36. The van der Waals surface area contributed by atoms with E-state index in [0.717, 1.165) is 11.1 Å². The van der Waals surface area contributed by atoms with Crippen LogP contribution in [0.15, 0.2) is 47.1 Å². The molecule has 0 amide bonds. The Labute approximate surface area is 148 Å². The van der Waals surface area contributed by atoms with Crippen LogP contribution in [0.2, 0.25) is 0 Å². The molecule has 0 aromatic carbocycles. The molecule has 2 rings (SSSR count). The van der Waals surface area contributed by atoms with Crippen LogP contribution >= 0.6 is 0 Å². The Kier molecular flexibility index (Phi) is 6.01. The molecule has 0 unspecified atom stereocenters. The zero-order valence-corrected chi connectivity index (χ0v) is 15.2. The zero-order valence-electron chi connectivity index (χ0n) is 15.2. The molecule has 1 fully saturated rings. The van der Waals surface area contributed by atoms with Crippen molar-refractivity contribution in [1.29, 1.82) is 0 Å². The number of carbonyl (C=O) groups excluding carboxylic acids is 2. The summed E-state index contributed by atoms with van der Waals surface area (Å²) >= 11 is 0. The lowest BCUT2D eigenvalue weighted by Crippen LogP contribution is -2.34. The second-order valence-electron chi connectivity index (χ2n) is 6.84. The molecule has 0 aromatic rings. The molecular formula is C20H26O5. The molecule has 136 valence electrons. The highest BCUT2D eigenvalue weighted by Gasteiger charge is 2.44. The van der Waals surface area contributed by atoms with Gasteiger partial charge >= 0.3 is 11.9 Å². The summed E-state index contributed by atoms with van der Waals surface area (Å²) in [5.41, 5.74) is 2.62. The minimum atomic E-state index is -0.623. The van der Waals surface area contributed by atoms with Crippen molar-refractivity contribution in [3.63, 3.8) is 0 Å². The van der Waals surface area contributed by atoms with E-state index in [-0.39, 0.29) is 0 Å². The summed E-state index contributed by atoms with van der Waals surface area (Å²) < 4.78 is 11.1. The monoisotopic (exact) mass is 346 g/mol. The lowest BCUT2D eigenvalue weighted by molar-refractivity contribution is -0.147. The number of esters is 2. The largest absolute Gasteiger partial charge is 0.458 e. The van der Waals surface area contributed by atoms with Gasteiger partial charge in [-0.2, -0.15) is 0 Å². The van der Waals surface area contributed by atoms with Gasteiger partial charge in [0, 0.05) is 17.6 Å². The molecule has 1 aliphatic carbocycles. The van der Waals surface area contributed by atoms with Crippen molar-refractivity contribution in [2.24, 2.45) is 5.92 Å². The van der Waals surface area contributed by atoms with Gasteiger partial charge in [0.05, 0.1) is 12.0 Å². The number of ether oxygens (including phenoxy) is 2. The van der Waals surface area contributed by atoms with E-state index in [4.69, 9.17) is 9.47 Å². The van der Waals surface area contributed by atoms with Gasteiger partial charge in [-0.15, -0.1) is 0 Å². The predicted octanol–water partition coefficient (Wildman–Crippen LogP) is 3.01. The Morgan fingerprint density at radius 3 is 2.60 bits per heavy atom. The van der Waals surface area contributed by atoms with Gasteiger partial charge in [0.1, 0.15) is 12.2 Å². The number of hydrogen-bond donors (Lipinski definition) is 1. The third kappa shape index (κ3) is 4.48. The molecule has 25 heavy (non-hydrogen) atoms. The van der Waals surface area contributed by atoms with E-state index in [0.29, 0.717) is 24.0 Å². The number of fused-ring (bicyclic) bond motifs is 1. The number of aliphatic hydroxyl groups excluding tert-OH is 1. The summed E-state index contributed by atoms with van der Waals surface area (Å²) in [4.78, 5) is 24.3. The molecule has 0 spiro atoms. The predicted molar refractivity (Wildman–Crippen MR) is 94.6 cm³/mol. The molecule has 2 aliphatic rings. The highest BCUT2D eigenvalue weighted by molar-refractivity contribution is 5.92. The smallest absolute Gasteiger partial charge is 0.334 e. The quantitative estimate of drug-likeness (QED) is 0.473. The molecule has 1 saturated heterocycles. The fourth-order valence-electron chi connectivity index (χ4n) is 3.22. The van der Waals surface area contributed by atoms with Gasteiger partial charge in [-0.1, -0.05) is 29.9 Å². The van der Waals surface area contributed by atoms with Crippen molar-refractivity contribution in [2.45, 2.75) is 58.8 Å². The lowest BCUT2D eigenvalue weighted by atomic mass is 9.85. The van der Waals surface area contributed by atoms with E-state index < -0.39 is 36.2 Å². The first-order chi connectivity index (χ1) is 11.7. The molecule has 5 nitrogen and oxygen atoms in total. The van der Waals surface area contributed by atoms with Gasteiger partial charge in [0.15, 0.2) is 0 Å². The molecular weight excluding hydrogens is 320 g/mol. The first-order valence-electron chi connectivity index (χ1n) is 8.49. The average Bonchev–Trinajstić information content (AvgIpc) is 2.78. The molecule has 1 N–H and O–H groups in total. The lowest BCUT2D eigenvalue weighted by Gasteiger charge is -2.28. The van der Waals surface area contributed by atoms with E-state index in [1.165, 1.54) is 0 Å². The Bertz CT molecular complexity index is 668. The maximum Gasteiger partial charge on any atom is 0.334 e. The van der Waals surface area contributed by atoms with Crippen LogP contribution in [0.1, 0.15) is 40.5 Å². The van der Waals surface area contributed by atoms with Crippen LogP contribution in [0.4, 0.5) is 0 Å². The van der Waals surface area contributed by atoms with E-state index in [1.54, 1.807) is 26.0 Å². The first kappa shape index (κ1) is 19.2. The summed E-state index contributed by atoms with van der Waals surface area (Å²) in [6, 6.07) is 0. The second kappa shape index (κ2) is 7.83. The summed E-state index contributed by atoms with van der Waals surface area (Å²) in [7, 11) is 0. The van der Waals surface area contributed by atoms with Gasteiger partial charge in [-0.05, 0) is 40.2 Å². The summed E-state index contributed by atoms with van der Waals surface area (Å²) in [5.74, 6) is -1.33. The van der Waals surface area contributed by atoms with Gasteiger partial charge in [-0.3, -0.25) is 0 Å². The first-order valence-corrected chi connectivity index (χ1v) is 8.49. The van der Waals surface area contributed by atoms with Crippen LogP contribution < -0.4 is 0 Å². The zero-order chi connectivity index (χ0) is 18.7. The van der Waals surface area contributed by atoms with E-state index in [1.807, 2.05) is 19.9 Å². The molecule has 1 heterocycles. The molecule has 0 radical (unpaired) electrons. The van der Waals surface area contributed by atoms with E-state index in [2.05, 4.69) is 6.58 Å². The number of rotatable bonds is 2. The maximum absolute atomic E-state index is 12.3. The minimum absolute atomic E-state index is 0.318. The standard InChI is InChI=1S/C20H26O5/c1-6-13(4)19(22)24-16-9-11(2)7-15(21)8-12(3)10-17-18(16)14(5)20(23)25-17/h6-7,10,15-18,21H,5,8-9H2,1-4H3/b11-7-,12-10-,13-6+/t15-,16-,17-,18-/m1/s1. The van der Waals surface area contributed by atoms with Crippen LogP contribution in [0.25, 0.3) is 0 Å². The molecule has 0 saturated carbocycles. The Balaban J connectivity index is 2.42. The third-order valence-corrected chi connectivity index (χ3v) is 4.66. The van der Waals surface area contributed by atoms with Crippen molar-refractivity contribution < 1.29 is 24.2 Å². The van der Waals surface area contributed by atoms with Gasteiger partial charge in [0.2, 0.25) is 0 Å². The van der Waals surface area contributed by atoms with Gasteiger partial charge in [-0.25, -0.2) is 9.59 Å². The summed E-state index contributed by atoms with van der Waals surface area (Å²) in [5, 5.41) is 10.2. The topological polar surface area (TPSA) is 72.8 Å². The van der Waals surface area contributed by atoms with Crippen molar-refractivity contribution in [2.75, 3.05) is 0 Å². The Hall–Kier alpha value is -2.14. The van der Waals surface area contributed by atoms with Crippen molar-refractivity contribution in [3.8, 4) is 0 Å². The summed E-state index contributed by atoms with van der Waals surface area (Å²) in [6.45, 7) is 11.1. The number of allylic oxidation sites excluding steroid dienone is 1. The third-order valence-electron chi connectivity index (χ3n) is 4.66. The molecule has 4 atom stereocenters. The van der Waals surface area contributed by atoms with Crippen molar-refractivity contribution >= 4 is 11.9 Å². The van der Waals surface area contributed by atoms with E-state index >= 15 is 0 Å². The van der Waals surface area contributed by atoms with Crippen molar-refractivity contribution in [1.82, 2.24) is 0 Å². The molecule has 5 heteroatoms. The maximum atomic E-state index is 12.3.